The Hall–Kier alpha value is -4.69. The lowest BCUT2D eigenvalue weighted by Crippen LogP contribution is -2.54. The minimum atomic E-state index is -0.829. The number of hydrogen-bond donors (Lipinski definition) is 1. The van der Waals surface area contributed by atoms with Crippen LogP contribution in [-0.2, 0) is 14.4 Å². The number of anilines is 1. The smallest absolute Gasteiger partial charge is 0.336 e. The molecule has 0 aliphatic carbocycles. The number of ether oxygens (including phenoxy) is 2. The van der Waals surface area contributed by atoms with E-state index in [2.05, 4.69) is 5.32 Å². The van der Waals surface area contributed by atoms with Crippen LogP contribution in [0.2, 0.25) is 5.02 Å². The van der Waals surface area contributed by atoms with E-state index in [4.69, 9.17) is 21.1 Å². The van der Waals surface area contributed by atoms with Crippen LogP contribution in [0.25, 0.3) is 12.2 Å². The molecule has 38 heavy (non-hydrogen) atoms. The lowest BCUT2D eigenvalue weighted by molar-refractivity contribution is -0.129. The summed E-state index contributed by atoms with van der Waals surface area (Å²) in [6.45, 7) is 3.92. The summed E-state index contributed by atoms with van der Waals surface area (Å²) in [7, 11) is 0. The van der Waals surface area contributed by atoms with E-state index in [9.17, 15) is 19.2 Å². The molecular weight excluding hydrogens is 508 g/mol. The van der Waals surface area contributed by atoms with Crippen molar-refractivity contribution in [2.75, 3.05) is 11.5 Å². The topological polar surface area (TPSA) is 102 Å². The van der Waals surface area contributed by atoms with Crippen LogP contribution in [-0.4, -0.2) is 30.4 Å². The highest BCUT2D eigenvalue weighted by Gasteiger charge is 2.36. The first-order valence-electron chi connectivity index (χ1n) is 11.7. The fourth-order valence-corrected chi connectivity index (χ4v) is 3.73. The average Bonchev–Trinajstić information content (AvgIpc) is 2.89. The van der Waals surface area contributed by atoms with Crippen LogP contribution < -0.4 is 19.7 Å². The number of barbiturate groups is 1. The minimum Gasteiger partial charge on any atom is -0.490 e. The number of imide groups is 2. The molecule has 3 aromatic carbocycles. The molecule has 0 spiro atoms. The van der Waals surface area contributed by atoms with Crippen molar-refractivity contribution >= 4 is 53.3 Å². The maximum Gasteiger partial charge on any atom is 0.336 e. The Balaban J connectivity index is 1.57. The number of carbonyl (C=O) groups excluding carboxylic acids is 4. The number of nitrogens with zero attached hydrogens (tertiary/aromatic N) is 1. The summed E-state index contributed by atoms with van der Waals surface area (Å²) in [6, 6.07) is 17.5. The van der Waals surface area contributed by atoms with Gasteiger partial charge in [0.2, 0.25) is 0 Å². The highest BCUT2D eigenvalue weighted by atomic mass is 35.5. The van der Waals surface area contributed by atoms with Gasteiger partial charge >= 0.3 is 12.0 Å². The maximum atomic E-state index is 13.1. The van der Waals surface area contributed by atoms with Crippen molar-refractivity contribution in [2.24, 2.45) is 0 Å². The molecule has 0 saturated carbocycles. The van der Waals surface area contributed by atoms with Crippen molar-refractivity contribution in [3.05, 3.63) is 100 Å². The monoisotopic (exact) mass is 530 g/mol. The maximum absolute atomic E-state index is 13.1. The SMILES string of the molecule is CCOc1cc(/C=C2\C(=O)NC(=O)N(c3ccc(C)cc3)C2=O)ccc1OC(=O)/C=C/c1ccc(Cl)cc1. The van der Waals surface area contributed by atoms with E-state index in [1.165, 1.54) is 24.3 Å². The molecule has 0 unspecified atom stereocenters. The van der Waals surface area contributed by atoms with Gasteiger partial charge in [0, 0.05) is 11.1 Å². The number of esters is 1. The minimum absolute atomic E-state index is 0.163. The van der Waals surface area contributed by atoms with E-state index in [1.54, 1.807) is 67.6 Å². The molecule has 8 nitrogen and oxygen atoms in total. The average molecular weight is 531 g/mol. The number of rotatable bonds is 7. The summed E-state index contributed by atoms with van der Waals surface area (Å²) in [6.07, 6.45) is 4.21. The summed E-state index contributed by atoms with van der Waals surface area (Å²) < 4.78 is 11.1. The number of carbonyl (C=O) groups is 4. The van der Waals surface area contributed by atoms with Crippen LogP contribution in [0.15, 0.2) is 78.4 Å². The summed E-state index contributed by atoms with van der Waals surface area (Å²) in [4.78, 5) is 51.3. The summed E-state index contributed by atoms with van der Waals surface area (Å²) in [5.41, 5.74) is 2.26. The van der Waals surface area contributed by atoms with Gasteiger partial charge in [0.15, 0.2) is 11.5 Å². The standard InChI is InChI=1S/C29H23ClN2O6/c1-3-37-25-17-20(8-14-24(25)38-26(33)15-9-19-6-10-21(30)11-7-19)16-23-27(34)31-29(36)32(28(23)35)22-12-4-18(2)5-13-22/h4-17H,3H2,1-2H3,(H,31,34,36)/b15-9+,23-16+. The Labute approximate surface area is 224 Å². The normalized spacial score (nSPS) is 14.7. The molecule has 1 heterocycles. The van der Waals surface area contributed by atoms with Gasteiger partial charge in [-0.25, -0.2) is 14.5 Å². The molecule has 0 bridgehead atoms. The van der Waals surface area contributed by atoms with Gasteiger partial charge in [0.05, 0.1) is 12.3 Å². The third-order valence-corrected chi connectivity index (χ3v) is 5.72. The number of nitrogens with one attached hydrogen (secondary N) is 1. The van der Waals surface area contributed by atoms with Gasteiger partial charge in [0.25, 0.3) is 11.8 Å². The zero-order chi connectivity index (χ0) is 27.2. The van der Waals surface area contributed by atoms with Crippen LogP contribution in [0.5, 0.6) is 11.5 Å². The van der Waals surface area contributed by atoms with Crippen LogP contribution in [0.1, 0.15) is 23.6 Å². The summed E-state index contributed by atoms with van der Waals surface area (Å²) in [5.74, 6) is -1.80. The Morgan fingerprint density at radius 1 is 0.947 bits per heavy atom. The van der Waals surface area contributed by atoms with Gasteiger partial charge < -0.3 is 9.47 Å². The van der Waals surface area contributed by atoms with Gasteiger partial charge in [-0.2, -0.15) is 0 Å². The Morgan fingerprint density at radius 2 is 1.63 bits per heavy atom. The number of hydrogen-bond acceptors (Lipinski definition) is 6. The second-order valence-electron chi connectivity index (χ2n) is 8.24. The molecule has 0 aromatic heterocycles. The van der Waals surface area contributed by atoms with E-state index < -0.39 is 23.8 Å². The first kappa shape index (κ1) is 26.4. The fourth-order valence-electron chi connectivity index (χ4n) is 3.60. The van der Waals surface area contributed by atoms with E-state index in [-0.39, 0.29) is 23.7 Å². The molecule has 192 valence electrons. The zero-order valence-electron chi connectivity index (χ0n) is 20.6. The molecule has 1 aliphatic heterocycles. The van der Waals surface area contributed by atoms with E-state index in [0.717, 1.165) is 16.0 Å². The number of amides is 4. The lowest BCUT2D eigenvalue weighted by Gasteiger charge is -2.26. The van der Waals surface area contributed by atoms with Crippen molar-refractivity contribution < 1.29 is 28.7 Å². The Kier molecular flexibility index (Phi) is 8.03. The molecule has 1 saturated heterocycles. The quantitative estimate of drug-likeness (QED) is 0.192. The number of halogens is 1. The molecule has 3 aromatic rings. The lowest BCUT2D eigenvalue weighted by atomic mass is 10.1. The molecule has 4 amide bonds. The predicted octanol–water partition coefficient (Wildman–Crippen LogP) is 5.33. The van der Waals surface area contributed by atoms with Crippen LogP contribution in [0, 0.1) is 6.92 Å². The number of benzene rings is 3. The van der Waals surface area contributed by atoms with Crippen molar-refractivity contribution in [3.63, 3.8) is 0 Å². The molecule has 0 radical (unpaired) electrons. The van der Waals surface area contributed by atoms with Gasteiger partial charge in [0.1, 0.15) is 5.57 Å². The molecule has 4 rings (SSSR count). The third-order valence-electron chi connectivity index (χ3n) is 5.46. The molecular formula is C29H23ClN2O6. The van der Waals surface area contributed by atoms with E-state index in [0.29, 0.717) is 16.3 Å². The van der Waals surface area contributed by atoms with Crippen molar-refractivity contribution in [1.82, 2.24) is 5.32 Å². The number of urea groups is 1. The first-order valence-corrected chi connectivity index (χ1v) is 12.0. The van der Waals surface area contributed by atoms with E-state index >= 15 is 0 Å². The Morgan fingerprint density at radius 3 is 2.32 bits per heavy atom. The van der Waals surface area contributed by atoms with Crippen LogP contribution >= 0.6 is 11.6 Å². The van der Waals surface area contributed by atoms with Crippen molar-refractivity contribution in [1.29, 1.82) is 0 Å². The zero-order valence-corrected chi connectivity index (χ0v) is 21.3. The van der Waals surface area contributed by atoms with E-state index in [1.807, 2.05) is 6.92 Å². The second kappa shape index (κ2) is 11.6. The third kappa shape index (κ3) is 6.16. The summed E-state index contributed by atoms with van der Waals surface area (Å²) >= 11 is 5.87. The van der Waals surface area contributed by atoms with Gasteiger partial charge in [-0.1, -0.05) is 47.5 Å². The first-order chi connectivity index (χ1) is 18.2. The summed E-state index contributed by atoms with van der Waals surface area (Å²) in [5, 5.41) is 2.78. The van der Waals surface area contributed by atoms with Gasteiger partial charge in [-0.3, -0.25) is 14.9 Å². The largest absolute Gasteiger partial charge is 0.490 e. The molecule has 1 N–H and O–H groups in total. The number of aryl methyl sites for hydroxylation is 1. The predicted molar refractivity (Wildman–Crippen MR) is 144 cm³/mol. The second-order valence-corrected chi connectivity index (χ2v) is 8.68. The van der Waals surface area contributed by atoms with Crippen molar-refractivity contribution in [3.8, 4) is 11.5 Å². The molecule has 9 heteroatoms. The highest BCUT2D eigenvalue weighted by molar-refractivity contribution is 6.39. The molecule has 0 atom stereocenters. The highest BCUT2D eigenvalue weighted by Crippen LogP contribution is 2.30. The van der Waals surface area contributed by atoms with Gasteiger partial charge in [-0.15, -0.1) is 0 Å². The van der Waals surface area contributed by atoms with Gasteiger partial charge in [-0.05, 0) is 73.5 Å². The van der Waals surface area contributed by atoms with Crippen LogP contribution in [0.4, 0.5) is 10.5 Å². The molecule has 1 fully saturated rings. The van der Waals surface area contributed by atoms with Crippen LogP contribution in [0.3, 0.4) is 0 Å². The molecule has 1 aliphatic rings. The Bertz CT molecular complexity index is 1460. The van der Waals surface area contributed by atoms with Crippen molar-refractivity contribution in [2.45, 2.75) is 13.8 Å². The fraction of sp³-hybridized carbons (Fsp3) is 0.103.